The molecule has 10 aromatic carbocycles. The number of benzene rings is 10. The van der Waals surface area contributed by atoms with Crippen LogP contribution in [0.2, 0.25) is 0 Å². The lowest BCUT2D eigenvalue weighted by atomic mass is 10.0. The van der Waals surface area contributed by atoms with Gasteiger partial charge in [-0.1, -0.05) is 188 Å². The van der Waals surface area contributed by atoms with Gasteiger partial charge in [0.2, 0.25) is 0 Å². The maximum atomic E-state index is 7.44. The first-order valence-corrected chi connectivity index (χ1v) is 23.3. The summed E-state index contributed by atoms with van der Waals surface area (Å²) >= 11 is 0. The van der Waals surface area contributed by atoms with Crippen LogP contribution < -0.4 is 0 Å². The van der Waals surface area contributed by atoms with Gasteiger partial charge in [0.15, 0.2) is 28.6 Å². The van der Waals surface area contributed by atoms with Crippen molar-refractivity contribution < 1.29 is 4.42 Å². The zero-order valence-corrected chi connectivity index (χ0v) is 37.2. The van der Waals surface area contributed by atoms with Gasteiger partial charge in [-0.2, -0.15) is 0 Å². The van der Waals surface area contributed by atoms with E-state index in [4.69, 9.17) is 19.4 Å². The molecule has 0 N–H and O–H groups in total. The fourth-order valence-corrected chi connectivity index (χ4v) is 10.4. The Bertz CT molecular complexity index is 4280. The Morgan fingerprint density at radius 1 is 0.290 bits per heavy atom. The second kappa shape index (κ2) is 15.6. The Morgan fingerprint density at radius 2 is 0.725 bits per heavy atom. The third-order valence-electron chi connectivity index (χ3n) is 13.6. The van der Waals surface area contributed by atoms with E-state index in [9.17, 15) is 0 Å². The van der Waals surface area contributed by atoms with Gasteiger partial charge in [-0.3, -0.25) is 0 Å². The van der Waals surface area contributed by atoms with E-state index >= 15 is 0 Å². The number of para-hydroxylation sites is 3. The van der Waals surface area contributed by atoms with Gasteiger partial charge in [0.1, 0.15) is 0 Å². The van der Waals surface area contributed by atoms with Crippen molar-refractivity contribution in [2.24, 2.45) is 0 Å². The van der Waals surface area contributed by atoms with E-state index in [1.54, 1.807) is 0 Å². The van der Waals surface area contributed by atoms with Crippen molar-refractivity contribution in [2.75, 3.05) is 0 Å². The van der Waals surface area contributed by atoms with E-state index in [1.807, 2.05) is 24.3 Å². The molecule has 0 bridgehead atoms. The Balaban J connectivity index is 1.01. The summed E-state index contributed by atoms with van der Waals surface area (Å²) in [6.45, 7) is 0. The van der Waals surface area contributed by atoms with E-state index in [0.29, 0.717) is 17.5 Å². The van der Waals surface area contributed by atoms with Crippen LogP contribution in [-0.4, -0.2) is 24.1 Å². The standard InChI is InChI=1S/C63H39N5O/c1-4-17-40(18-5-1)42-31-33-44(34-32-42)62-64-61(43-21-8-3-9-22-43)65-63(66-62)53-27-12-15-30-56(53)68-55-29-14-11-26-48(55)50-36-38-52-51-37-35-49-47-25-10-13-28-54(47)67(57(49)59(51)69-60(52)58(50)68)46-24-16-23-45(39-46)41-19-6-2-7-20-41/h1-39H. The maximum Gasteiger partial charge on any atom is 0.166 e. The monoisotopic (exact) mass is 881 g/mol. The van der Waals surface area contributed by atoms with E-state index in [-0.39, 0.29) is 0 Å². The van der Waals surface area contributed by atoms with Crippen LogP contribution in [0.25, 0.3) is 133 Å². The van der Waals surface area contributed by atoms with Crippen molar-refractivity contribution in [2.45, 2.75) is 0 Å². The van der Waals surface area contributed by atoms with Crippen molar-refractivity contribution in [1.82, 2.24) is 24.1 Å². The van der Waals surface area contributed by atoms with Gasteiger partial charge in [-0.05, 0) is 70.8 Å². The summed E-state index contributed by atoms with van der Waals surface area (Å²) in [5, 5.41) is 6.63. The average Bonchev–Trinajstić information content (AvgIpc) is 4.10. The molecule has 0 aliphatic carbocycles. The van der Waals surface area contributed by atoms with Gasteiger partial charge in [-0.25, -0.2) is 15.0 Å². The van der Waals surface area contributed by atoms with Gasteiger partial charge in [0.05, 0.1) is 27.8 Å². The Hall–Kier alpha value is -9.39. The van der Waals surface area contributed by atoms with Crippen LogP contribution in [0.1, 0.15) is 0 Å². The summed E-state index contributed by atoms with van der Waals surface area (Å²) in [5.41, 5.74) is 15.2. The molecule has 0 radical (unpaired) electrons. The number of aromatic nitrogens is 5. The summed E-state index contributed by atoms with van der Waals surface area (Å²) in [7, 11) is 0. The summed E-state index contributed by atoms with van der Waals surface area (Å²) in [6, 6.07) is 83.1. The van der Waals surface area contributed by atoms with Crippen LogP contribution in [0.4, 0.5) is 0 Å². The highest BCUT2D eigenvalue weighted by Crippen LogP contribution is 2.45. The molecule has 0 saturated heterocycles. The molecular weight excluding hydrogens is 843 g/mol. The number of nitrogens with zero attached hydrogens (tertiary/aromatic N) is 5. The molecule has 14 rings (SSSR count). The number of rotatable bonds is 7. The van der Waals surface area contributed by atoms with Gasteiger partial charge in [-0.15, -0.1) is 0 Å². The summed E-state index contributed by atoms with van der Waals surface area (Å²) in [5.74, 6) is 1.78. The van der Waals surface area contributed by atoms with Crippen molar-refractivity contribution in [3.63, 3.8) is 0 Å². The van der Waals surface area contributed by atoms with Crippen molar-refractivity contribution in [3.05, 3.63) is 237 Å². The zero-order chi connectivity index (χ0) is 45.4. The molecule has 0 fully saturated rings. The van der Waals surface area contributed by atoms with E-state index < -0.39 is 0 Å². The summed E-state index contributed by atoms with van der Waals surface area (Å²) < 4.78 is 12.2. The molecule has 0 spiro atoms. The molecule has 69 heavy (non-hydrogen) atoms. The molecule has 14 aromatic rings. The number of hydrogen-bond acceptors (Lipinski definition) is 4. The van der Waals surface area contributed by atoms with Crippen LogP contribution in [0.15, 0.2) is 241 Å². The Morgan fingerprint density at radius 3 is 1.36 bits per heavy atom. The lowest BCUT2D eigenvalue weighted by Gasteiger charge is -2.14. The summed E-state index contributed by atoms with van der Waals surface area (Å²) in [4.78, 5) is 15.6. The van der Waals surface area contributed by atoms with Crippen LogP contribution in [0.3, 0.4) is 0 Å². The molecule has 6 nitrogen and oxygen atoms in total. The largest absolute Gasteiger partial charge is 0.452 e. The first kappa shape index (κ1) is 38.8. The van der Waals surface area contributed by atoms with Crippen LogP contribution in [0, 0.1) is 0 Å². The molecule has 0 unspecified atom stereocenters. The van der Waals surface area contributed by atoms with Crippen molar-refractivity contribution in [1.29, 1.82) is 0 Å². The van der Waals surface area contributed by atoms with E-state index in [1.165, 1.54) is 10.9 Å². The molecule has 322 valence electrons. The van der Waals surface area contributed by atoms with Crippen LogP contribution in [0.5, 0.6) is 0 Å². The lowest BCUT2D eigenvalue weighted by Crippen LogP contribution is -2.03. The quantitative estimate of drug-likeness (QED) is 0.160. The molecule has 0 aliphatic rings. The SMILES string of the molecule is c1ccc(-c2ccc(-c3nc(-c4ccccc4)nc(-c4ccccc4-n4c5ccccc5c5ccc6c7ccc8c9ccccc9n(-c9cccc(-c%10ccccc%10)c9)c8c7oc6c54)n3)cc2)cc1. The van der Waals surface area contributed by atoms with Gasteiger partial charge in [0, 0.05) is 54.7 Å². The molecule has 4 aromatic heterocycles. The molecule has 0 aliphatic heterocycles. The van der Waals surface area contributed by atoms with Crippen LogP contribution in [-0.2, 0) is 0 Å². The van der Waals surface area contributed by atoms with Crippen molar-refractivity contribution >= 4 is 65.6 Å². The first-order chi connectivity index (χ1) is 34.2. The highest BCUT2D eigenvalue weighted by atomic mass is 16.3. The molecule has 0 amide bonds. The minimum atomic E-state index is 0.577. The number of fused-ring (bicyclic) bond motifs is 11. The highest BCUT2D eigenvalue weighted by Gasteiger charge is 2.25. The zero-order valence-electron chi connectivity index (χ0n) is 37.2. The minimum absolute atomic E-state index is 0.577. The average molecular weight is 882 g/mol. The van der Waals surface area contributed by atoms with Gasteiger partial charge < -0.3 is 13.6 Å². The number of hydrogen-bond donors (Lipinski definition) is 0. The first-order valence-electron chi connectivity index (χ1n) is 23.3. The van der Waals surface area contributed by atoms with Gasteiger partial charge >= 0.3 is 0 Å². The molecular formula is C63H39N5O. The molecule has 4 heterocycles. The highest BCUT2D eigenvalue weighted by molar-refractivity contribution is 6.26. The lowest BCUT2D eigenvalue weighted by molar-refractivity contribution is 0.673. The minimum Gasteiger partial charge on any atom is -0.452 e. The topological polar surface area (TPSA) is 61.7 Å². The Kier molecular flexibility index (Phi) is 8.79. The second-order valence-electron chi connectivity index (χ2n) is 17.5. The predicted octanol–water partition coefficient (Wildman–Crippen LogP) is 16.3. The second-order valence-corrected chi connectivity index (χ2v) is 17.5. The molecule has 0 atom stereocenters. The van der Waals surface area contributed by atoms with Gasteiger partial charge in [0.25, 0.3) is 0 Å². The molecule has 0 saturated carbocycles. The normalized spacial score (nSPS) is 11.8. The third kappa shape index (κ3) is 6.23. The van der Waals surface area contributed by atoms with E-state index in [0.717, 1.165) is 105 Å². The fraction of sp³-hybridized carbons (Fsp3) is 0. The van der Waals surface area contributed by atoms with E-state index in [2.05, 4.69) is 221 Å². The van der Waals surface area contributed by atoms with Crippen LogP contribution >= 0.6 is 0 Å². The fourth-order valence-electron chi connectivity index (χ4n) is 10.4. The van der Waals surface area contributed by atoms with Crippen molar-refractivity contribution in [3.8, 4) is 67.8 Å². The summed E-state index contributed by atoms with van der Waals surface area (Å²) in [6.07, 6.45) is 0. The third-order valence-corrected chi connectivity index (χ3v) is 13.6. The smallest absolute Gasteiger partial charge is 0.166 e. The Labute approximate surface area is 396 Å². The number of furan rings is 1. The maximum absolute atomic E-state index is 7.44. The molecule has 6 heteroatoms. The predicted molar refractivity (Wildman–Crippen MR) is 283 cm³/mol.